The molecule has 0 amide bonds. The summed E-state index contributed by atoms with van der Waals surface area (Å²) in [5.41, 5.74) is 5.83. The third-order valence-electron chi connectivity index (χ3n) is 3.10. The molecule has 5 nitrogen and oxygen atoms in total. The van der Waals surface area contributed by atoms with Gasteiger partial charge >= 0.3 is 0 Å². The van der Waals surface area contributed by atoms with E-state index < -0.39 is 10.0 Å². The van der Waals surface area contributed by atoms with Crippen molar-refractivity contribution in [3.63, 3.8) is 0 Å². The topological polar surface area (TPSA) is 75.4 Å². The molecule has 0 spiro atoms. The summed E-state index contributed by atoms with van der Waals surface area (Å²) in [6, 6.07) is 6.15. The second-order valence-corrected chi connectivity index (χ2v) is 6.87. The van der Waals surface area contributed by atoms with Crippen LogP contribution in [0.2, 0.25) is 0 Å². The van der Waals surface area contributed by atoms with Crippen LogP contribution < -0.4 is 10.5 Å². The van der Waals surface area contributed by atoms with Crippen LogP contribution in [0.1, 0.15) is 13.8 Å². The predicted molar refractivity (Wildman–Crippen MR) is 73.8 cm³/mol. The first kappa shape index (κ1) is 14.9. The lowest BCUT2D eigenvalue weighted by Gasteiger charge is -2.32. The van der Waals surface area contributed by atoms with Crippen LogP contribution in [0, 0.1) is 0 Å². The number of sulfonamides is 1. The molecular weight excluding hydrogens is 250 g/mol. The fourth-order valence-corrected chi connectivity index (χ4v) is 2.36. The van der Waals surface area contributed by atoms with Gasteiger partial charge in [-0.3, -0.25) is 0 Å². The molecule has 0 saturated heterocycles. The van der Waals surface area contributed by atoms with Crippen molar-refractivity contribution in [2.75, 3.05) is 26.4 Å². The van der Waals surface area contributed by atoms with Crippen LogP contribution in [-0.2, 0) is 10.0 Å². The normalized spacial score (nSPS) is 12.9. The second-order valence-electron chi connectivity index (χ2n) is 5.10. The number of likely N-dealkylation sites (N-methyl/N-ethyl adjacent to an activating group) is 1. The molecule has 0 heterocycles. The van der Waals surface area contributed by atoms with E-state index in [4.69, 9.17) is 5.73 Å². The maximum atomic E-state index is 12.0. The molecule has 6 heteroatoms. The maximum absolute atomic E-state index is 12.0. The molecule has 1 aromatic carbocycles. The Labute approximate surface area is 109 Å². The zero-order valence-electron chi connectivity index (χ0n) is 11.3. The number of rotatable bonds is 5. The Morgan fingerprint density at radius 3 is 2.17 bits per heavy atom. The number of nitrogen functional groups attached to an aromatic ring is 1. The summed E-state index contributed by atoms with van der Waals surface area (Å²) < 4.78 is 26.7. The zero-order chi connectivity index (χ0) is 14.0. The van der Waals surface area contributed by atoms with Crippen LogP contribution >= 0.6 is 0 Å². The van der Waals surface area contributed by atoms with Gasteiger partial charge in [0.2, 0.25) is 10.0 Å². The minimum absolute atomic E-state index is 0.228. The van der Waals surface area contributed by atoms with Gasteiger partial charge in [0.05, 0.1) is 4.90 Å². The summed E-state index contributed by atoms with van der Waals surface area (Å²) >= 11 is 0. The molecule has 0 radical (unpaired) electrons. The standard InChI is InChI=1S/C12H21N3O2S/c1-12(2,15(3)4)9-14-18(16,17)11-7-5-10(13)6-8-11/h5-8,14H,9,13H2,1-4H3. The van der Waals surface area contributed by atoms with E-state index >= 15 is 0 Å². The summed E-state index contributed by atoms with van der Waals surface area (Å²) in [6.07, 6.45) is 0. The fraction of sp³-hybridized carbons (Fsp3) is 0.500. The number of nitrogens with one attached hydrogen (secondary N) is 1. The Kier molecular flexibility index (Phi) is 4.37. The van der Waals surface area contributed by atoms with Gasteiger partial charge in [-0.1, -0.05) is 0 Å². The molecule has 0 aromatic heterocycles. The van der Waals surface area contributed by atoms with Crippen molar-refractivity contribution in [3.8, 4) is 0 Å². The van der Waals surface area contributed by atoms with Crippen LogP contribution in [0.15, 0.2) is 29.2 Å². The van der Waals surface area contributed by atoms with Gasteiger partial charge in [-0.05, 0) is 52.2 Å². The zero-order valence-corrected chi connectivity index (χ0v) is 12.1. The smallest absolute Gasteiger partial charge is 0.240 e. The highest BCUT2D eigenvalue weighted by atomic mass is 32.2. The summed E-state index contributed by atoms with van der Waals surface area (Å²) in [5, 5.41) is 0. The Balaban J connectivity index is 2.81. The molecule has 0 bridgehead atoms. The largest absolute Gasteiger partial charge is 0.399 e. The first-order valence-electron chi connectivity index (χ1n) is 5.68. The molecule has 0 aliphatic heterocycles. The van der Waals surface area contributed by atoms with Crippen molar-refractivity contribution in [2.45, 2.75) is 24.3 Å². The number of anilines is 1. The lowest BCUT2D eigenvalue weighted by atomic mass is 10.1. The van der Waals surface area contributed by atoms with E-state index in [1.165, 1.54) is 12.1 Å². The van der Waals surface area contributed by atoms with Gasteiger partial charge in [0, 0.05) is 17.8 Å². The molecule has 0 aliphatic carbocycles. The highest BCUT2D eigenvalue weighted by Crippen LogP contribution is 2.13. The van der Waals surface area contributed by atoms with E-state index in [0.29, 0.717) is 12.2 Å². The number of hydrogen-bond acceptors (Lipinski definition) is 4. The summed E-state index contributed by atoms with van der Waals surface area (Å²) in [7, 11) is 0.352. The van der Waals surface area contributed by atoms with Crippen molar-refractivity contribution in [1.82, 2.24) is 9.62 Å². The molecule has 102 valence electrons. The molecule has 1 rings (SSSR count). The van der Waals surface area contributed by atoms with Crippen molar-refractivity contribution in [1.29, 1.82) is 0 Å². The minimum Gasteiger partial charge on any atom is -0.399 e. The van der Waals surface area contributed by atoms with Crippen molar-refractivity contribution < 1.29 is 8.42 Å². The van der Waals surface area contributed by atoms with Gasteiger partial charge in [0.25, 0.3) is 0 Å². The Hall–Kier alpha value is -1.11. The van der Waals surface area contributed by atoms with Crippen LogP contribution in [-0.4, -0.2) is 39.5 Å². The van der Waals surface area contributed by atoms with Crippen molar-refractivity contribution in [3.05, 3.63) is 24.3 Å². The third kappa shape index (κ3) is 3.69. The van der Waals surface area contributed by atoms with Crippen LogP contribution in [0.5, 0.6) is 0 Å². The van der Waals surface area contributed by atoms with Gasteiger partial charge in [-0.25, -0.2) is 13.1 Å². The van der Waals surface area contributed by atoms with E-state index in [0.717, 1.165) is 0 Å². The number of benzene rings is 1. The van der Waals surface area contributed by atoms with Crippen LogP contribution in [0.3, 0.4) is 0 Å². The SMILES string of the molecule is CN(C)C(C)(C)CNS(=O)(=O)c1ccc(N)cc1. The van der Waals surface area contributed by atoms with Gasteiger partial charge in [-0.15, -0.1) is 0 Å². The highest BCUT2D eigenvalue weighted by molar-refractivity contribution is 7.89. The minimum atomic E-state index is -3.48. The molecule has 1 aromatic rings. The maximum Gasteiger partial charge on any atom is 0.240 e. The van der Waals surface area contributed by atoms with Crippen LogP contribution in [0.25, 0.3) is 0 Å². The molecule has 0 fully saturated rings. The Morgan fingerprint density at radius 1 is 1.22 bits per heavy atom. The molecule has 0 unspecified atom stereocenters. The number of nitrogens with zero attached hydrogens (tertiary/aromatic N) is 1. The summed E-state index contributed by atoms with van der Waals surface area (Å²) in [6.45, 7) is 4.28. The fourth-order valence-electron chi connectivity index (χ4n) is 1.16. The molecule has 3 N–H and O–H groups in total. The lowest BCUT2D eigenvalue weighted by Crippen LogP contribution is -2.48. The quantitative estimate of drug-likeness (QED) is 0.780. The van der Waals surface area contributed by atoms with E-state index in [1.807, 2.05) is 32.8 Å². The number of nitrogens with two attached hydrogens (primary N) is 1. The van der Waals surface area contributed by atoms with E-state index in [-0.39, 0.29) is 10.4 Å². The summed E-state index contributed by atoms with van der Waals surface area (Å²) in [4.78, 5) is 2.20. The first-order valence-corrected chi connectivity index (χ1v) is 7.16. The second kappa shape index (κ2) is 5.26. The average Bonchev–Trinajstić information content (AvgIpc) is 2.27. The summed E-state index contributed by atoms with van der Waals surface area (Å²) in [5.74, 6) is 0. The first-order chi connectivity index (χ1) is 8.15. The average molecular weight is 271 g/mol. The predicted octanol–water partition coefficient (Wildman–Crippen LogP) is 0.887. The highest BCUT2D eigenvalue weighted by Gasteiger charge is 2.23. The van der Waals surface area contributed by atoms with E-state index in [2.05, 4.69) is 4.72 Å². The molecule has 0 aliphatic rings. The van der Waals surface area contributed by atoms with E-state index in [9.17, 15) is 8.42 Å². The molecule has 0 atom stereocenters. The molecule has 0 saturated carbocycles. The van der Waals surface area contributed by atoms with Gasteiger partial charge in [-0.2, -0.15) is 0 Å². The van der Waals surface area contributed by atoms with Crippen LogP contribution in [0.4, 0.5) is 5.69 Å². The Bertz CT molecular complexity index is 493. The number of hydrogen-bond donors (Lipinski definition) is 2. The van der Waals surface area contributed by atoms with Gasteiger partial charge in [0.1, 0.15) is 0 Å². The lowest BCUT2D eigenvalue weighted by molar-refractivity contribution is 0.199. The van der Waals surface area contributed by atoms with E-state index in [1.54, 1.807) is 12.1 Å². The molecular formula is C12H21N3O2S. The van der Waals surface area contributed by atoms with Crippen molar-refractivity contribution >= 4 is 15.7 Å². The van der Waals surface area contributed by atoms with Gasteiger partial charge in [0.15, 0.2) is 0 Å². The molecule has 18 heavy (non-hydrogen) atoms. The van der Waals surface area contributed by atoms with Crippen molar-refractivity contribution in [2.24, 2.45) is 0 Å². The third-order valence-corrected chi connectivity index (χ3v) is 4.51. The van der Waals surface area contributed by atoms with Gasteiger partial charge < -0.3 is 10.6 Å². The Morgan fingerprint density at radius 2 is 1.72 bits per heavy atom. The monoisotopic (exact) mass is 271 g/mol.